The number of rotatable bonds is 6. The van der Waals surface area contributed by atoms with Crippen LogP contribution in [0, 0.1) is 6.92 Å². The van der Waals surface area contributed by atoms with Gasteiger partial charge < -0.3 is 14.0 Å². The molecule has 0 atom stereocenters. The van der Waals surface area contributed by atoms with Gasteiger partial charge in [-0.15, -0.1) is 0 Å². The smallest absolute Gasteiger partial charge is 0.338 e. The largest absolute Gasteiger partial charge is 0.462 e. The summed E-state index contributed by atoms with van der Waals surface area (Å²) in [7, 11) is 3.87. The van der Waals surface area contributed by atoms with Crippen molar-refractivity contribution in [3.05, 3.63) is 53.5 Å². The summed E-state index contributed by atoms with van der Waals surface area (Å²) in [6.07, 6.45) is 3.99. The molecule has 3 rings (SSSR count). The molecule has 0 bridgehead atoms. The first kappa shape index (κ1) is 19.6. The van der Waals surface area contributed by atoms with E-state index in [0.717, 1.165) is 22.5 Å². The molecule has 0 aromatic carbocycles. The fourth-order valence-electron chi connectivity index (χ4n) is 3.35. The van der Waals surface area contributed by atoms with Gasteiger partial charge in [0.25, 0.3) is 0 Å². The molecule has 0 unspecified atom stereocenters. The van der Waals surface area contributed by atoms with E-state index in [-0.39, 0.29) is 12.4 Å². The summed E-state index contributed by atoms with van der Waals surface area (Å²) in [5.41, 5.74) is 4.28. The second kappa shape index (κ2) is 7.84. The maximum absolute atomic E-state index is 12.7. The summed E-state index contributed by atoms with van der Waals surface area (Å²) in [4.78, 5) is 31.5. The molecule has 6 heteroatoms. The number of aromatic nitrogens is 2. The lowest BCUT2D eigenvalue weighted by molar-refractivity contribution is 0.0525. The van der Waals surface area contributed by atoms with Crippen LogP contribution in [0.1, 0.15) is 46.7 Å². The Kier molecular flexibility index (Phi) is 5.49. The third-order valence-corrected chi connectivity index (χ3v) is 4.80. The Labute approximate surface area is 164 Å². The number of ether oxygens (including phenoxy) is 1. The number of carbonyl (C=O) groups excluding carboxylic acids is 2. The Balaban J connectivity index is 2.30. The van der Waals surface area contributed by atoms with Gasteiger partial charge in [-0.2, -0.15) is 0 Å². The summed E-state index contributed by atoms with van der Waals surface area (Å²) in [6, 6.07) is 7.68. The molecule has 0 aliphatic heterocycles. The average Bonchev–Trinajstić information content (AvgIpc) is 3.10. The number of hydrogen-bond donors (Lipinski definition) is 0. The molecule has 3 aromatic heterocycles. The first-order chi connectivity index (χ1) is 13.4. The Morgan fingerprint density at radius 2 is 1.93 bits per heavy atom. The fourth-order valence-corrected chi connectivity index (χ4v) is 3.35. The number of hydrogen-bond acceptors (Lipinski definition) is 5. The predicted molar refractivity (Wildman–Crippen MR) is 110 cm³/mol. The molecule has 0 N–H and O–H groups in total. The molecule has 3 aromatic rings. The van der Waals surface area contributed by atoms with Crippen molar-refractivity contribution in [2.75, 3.05) is 25.6 Å². The van der Waals surface area contributed by atoms with Crippen molar-refractivity contribution < 1.29 is 14.3 Å². The number of pyridine rings is 2. The van der Waals surface area contributed by atoms with Gasteiger partial charge in [0.15, 0.2) is 5.78 Å². The van der Waals surface area contributed by atoms with Crippen LogP contribution in [-0.4, -0.2) is 41.8 Å². The molecular formula is C22H25N3O3. The van der Waals surface area contributed by atoms with E-state index >= 15 is 0 Å². The minimum Gasteiger partial charge on any atom is -0.462 e. The summed E-state index contributed by atoms with van der Waals surface area (Å²) in [5, 5.41) is 0. The van der Waals surface area contributed by atoms with Gasteiger partial charge in [-0.25, -0.2) is 9.78 Å². The van der Waals surface area contributed by atoms with Crippen LogP contribution < -0.4 is 4.90 Å². The van der Waals surface area contributed by atoms with Crippen LogP contribution in [0.3, 0.4) is 0 Å². The number of Topliss-reactive ketones (excluding diaryl/α,β-unsaturated/α-hetero) is 1. The molecular weight excluding hydrogens is 354 g/mol. The van der Waals surface area contributed by atoms with Gasteiger partial charge in [0.1, 0.15) is 5.82 Å². The first-order valence-corrected chi connectivity index (χ1v) is 9.37. The zero-order valence-corrected chi connectivity index (χ0v) is 16.9. The van der Waals surface area contributed by atoms with Gasteiger partial charge in [0, 0.05) is 38.5 Å². The molecule has 0 spiro atoms. The number of carbonyl (C=O) groups is 2. The van der Waals surface area contributed by atoms with Crippen LogP contribution in [0.5, 0.6) is 0 Å². The number of fused-ring (bicyclic) bond motifs is 1. The molecule has 0 amide bonds. The topological polar surface area (TPSA) is 63.9 Å². The number of anilines is 1. The van der Waals surface area contributed by atoms with Crippen LogP contribution in [-0.2, 0) is 4.74 Å². The Morgan fingerprint density at radius 3 is 2.57 bits per heavy atom. The number of nitrogens with zero attached hydrogens (tertiary/aromatic N) is 3. The Bertz CT molecular complexity index is 1050. The highest BCUT2D eigenvalue weighted by Crippen LogP contribution is 2.31. The van der Waals surface area contributed by atoms with Gasteiger partial charge in [-0.3, -0.25) is 4.79 Å². The van der Waals surface area contributed by atoms with Gasteiger partial charge >= 0.3 is 5.97 Å². The molecule has 0 radical (unpaired) electrons. The lowest BCUT2D eigenvalue weighted by atomic mass is 10.0. The lowest BCUT2D eigenvalue weighted by Gasteiger charge is -2.15. The maximum atomic E-state index is 12.7. The second-order valence-electron chi connectivity index (χ2n) is 6.81. The zero-order chi connectivity index (χ0) is 20.4. The average molecular weight is 379 g/mol. The first-order valence-electron chi connectivity index (χ1n) is 9.37. The van der Waals surface area contributed by atoms with Crippen molar-refractivity contribution in [2.24, 2.45) is 0 Å². The summed E-state index contributed by atoms with van der Waals surface area (Å²) in [5.74, 6) is 0.405. The number of ketones is 1. The zero-order valence-electron chi connectivity index (χ0n) is 16.9. The summed E-state index contributed by atoms with van der Waals surface area (Å²) < 4.78 is 7.09. The molecule has 0 saturated carbocycles. The fraction of sp³-hybridized carbons (Fsp3) is 0.318. The van der Waals surface area contributed by atoms with Crippen molar-refractivity contribution >= 4 is 23.1 Å². The molecule has 0 fully saturated rings. The lowest BCUT2D eigenvalue weighted by Crippen LogP contribution is -2.14. The van der Waals surface area contributed by atoms with Gasteiger partial charge in [-0.1, -0.05) is 6.92 Å². The maximum Gasteiger partial charge on any atom is 0.338 e. The molecule has 28 heavy (non-hydrogen) atoms. The predicted octanol–water partition coefficient (Wildman–Crippen LogP) is 4.15. The molecule has 0 aliphatic carbocycles. The van der Waals surface area contributed by atoms with E-state index in [0.29, 0.717) is 23.2 Å². The van der Waals surface area contributed by atoms with Crippen molar-refractivity contribution in [3.63, 3.8) is 0 Å². The van der Waals surface area contributed by atoms with Crippen LogP contribution in [0.2, 0.25) is 0 Å². The Hall–Kier alpha value is -3.15. The second-order valence-corrected chi connectivity index (χ2v) is 6.81. The van der Waals surface area contributed by atoms with E-state index in [1.807, 2.05) is 60.8 Å². The van der Waals surface area contributed by atoms with Gasteiger partial charge in [-0.05, 0) is 49.2 Å². The third-order valence-electron chi connectivity index (χ3n) is 4.80. The standard InChI is InChI=1S/C22H25N3O3/c1-6-19(26)21-14(3)17(22(27)28-7-2)13-18-16(9-11-25(18)21)15-8-10-23-20(12-15)24(4)5/h8-13H,6-7H2,1-5H3. The summed E-state index contributed by atoms with van der Waals surface area (Å²) in [6.45, 7) is 5.67. The molecule has 3 heterocycles. The van der Waals surface area contributed by atoms with Gasteiger partial charge in [0.2, 0.25) is 0 Å². The van der Waals surface area contributed by atoms with Gasteiger partial charge in [0.05, 0.1) is 23.4 Å². The van der Waals surface area contributed by atoms with Crippen molar-refractivity contribution in [1.82, 2.24) is 9.38 Å². The normalized spacial score (nSPS) is 10.9. The van der Waals surface area contributed by atoms with E-state index in [9.17, 15) is 9.59 Å². The van der Waals surface area contributed by atoms with Crippen LogP contribution in [0.4, 0.5) is 5.82 Å². The quantitative estimate of drug-likeness (QED) is 0.476. The highest BCUT2D eigenvalue weighted by atomic mass is 16.5. The third kappa shape index (κ3) is 3.38. The molecule has 0 saturated heterocycles. The van der Waals surface area contributed by atoms with Crippen molar-refractivity contribution in [1.29, 1.82) is 0 Å². The Morgan fingerprint density at radius 1 is 1.18 bits per heavy atom. The SMILES string of the molecule is CCOC(=O)c1cc2c(-c3ccnc(N(C)C)c3)ccn2c(C(=O)CC)c1C. The van der Waals surface area contributed by atoms with E-state index < -0.39 is 5.97 Å². The van der Waals surface area contributed by atoms with E-state index in [2.05, 4.69) is 4.98 Å². The van der Waals surface area contributed by atoms with E-state index in [1.165, 1.54) is 0 Å². The summed E-state index contributed by atoms with van der Waals surface area (Å²) >= 11 is 0. The van der Waals surface area contributed by atoms with Crippen LogP contribution in [0.25, 0.3) is 16.6 Å². The van der Waals surface area contributed by atoms with Crippen molar-refractivity contribution in [3.8, 4) is 11.1 Å². The van der Waals surface area contributed by atoms with Crippen LogP contribution in [0.15, 0.2) is 36.7 Å². The molecule has 0 aliphatic rings. The minimum absolute atomic E-state index is 0.0143. The van der Waals surface area contributed by atoms with E-state index in [4.69, 9.17) is 4.74 Å². The van der Waals surface area contributed by atoms with Crippen LogP contribution >= 0.6 is 0 Å². The highest BCUT2D eigenvalue weighted by Gasteiger charge is 2.22. The molecule has 146 valence electrons. The number of esters is 1. The van der Waals surface area contributed by atoms with Crippen molar-refractivity contribution in [2.45, 2.75) is 27.2 Å². The van der Waals surface area contributed by atoms with E-state index in [1.54, 1.807) is 20.0 Å². The monoisotopic (exact) mass is 379 g/mol. The highest BCUT2D eigenvalue weighted by molar-refractivity contribution is 6.03. The minimum atomic E-state index is -0.413. The molecule has 6 nitrogen and oxygen atoms in total.